The zero-order chi connectivity index (χ0) is 11.4. The van der Waals surface area contributed by atoms with Gasteiger partial charge in [-0.05, 0) is 34.1 Å². The molecule has 0 aliphatic rings. The van der Waals surface area contributed by atoms with Gasteiger partial charge in [0.2, 0.25) is 0 Å². The van der Waals surface area contributed by atoms with E-state index in [2.05, 4.69) is 0 Å². The Bertz CT molecular complexity index is 237. The van der Waals surface area contributed by atoms with Gasteiger partial charge in [-0.3, -0.25) is 0 Å². The number of hydrogen-bond donors (Lipinski definition) is 1. The smallest absolute Gasteiger partial charge is 0.407 e. The summed E-state index contributed by atoms with van der Waals surface area (Å²) in [6, 6.07) is 1.91. The molecule has 0 aromatic carbocycles. The standard InChI is InChI=1S/C10H18N2O2/c1-8(6-5-7-11)12(9(13)14)10(2,3)4/h8H,5-6H2,1-4H3,(H,13,14). The molecule has 0 spiro atoms. The summed E-state index contributed by atoms with van der Waals surface area (Å²) >= 11 is 0. The Morgan fingerprint density at radius 2 is 2.07 bits per heavy atom. The minimum atomic E-state index is -0.928. The van der Waals surface area contributed by atoms with Crippen LogP contribution in [0.1, 0.15) is 40.5 Å². The molecular weight excluding hydrogens is 180 g/mol. The molecule has 4 heteroatoms. The van der Waals surface area contributed by atoms with E-state index in [0.717, 1.165) is 0 Å². The summed E-state index contributed by atoms with van der Waals surface area (Å²) in [6.45, 7) is 7.38. The zero-order valence-corrected chi connectivity index (χ0v) is 9.24. The fourth-order valence-electron chi connectivity index (χ4n) is 1.54. The van der Waals surface area contributed by atoms with Crippen molar-refractivity contribution in [1.82, 2.24) is 4.90 Å². The second-order valence-corrected chi connectivity index (χ2v) is 4.37. The molecule has 0 saturated carbocycles. The molecule has 80 valence electrons. The fourth-order valence-corrected chi connectivity index (χ4v) is 1.54. The molecule has 0 heterocycles. The Kier molecular flexibility index (Phi) is 4.42. The monoisotopic (exact) mass is 198 g/mol. The van der Waals surface area contributed by atoms with Crippen LogP contribution in [0.15, 0.2) is 0 Å². The average molecular weight is 198 g/mol. The van der Waals surface area contributed by atoms with Crippen LogP contribution in [-0.4, -0.2) is 27.7 Å². The van der Waals surface area contributed by atoms with E-state index in [-0.39, 0.29) is 6.04 Å². The highest BCUT2D eigenvalue weighted by Gasteiger charge is 2.30. The second-order valence-electron chi connectivity index (χ2n) is 4.37. The SMILES string of the molecule is CC(CCC#N)N(C(=O)O)C(C)(C)C. The molecule has 1 amide bonds. The molecular formula is C10H18N2O2. The van der Waals surface area contributed by atoms with Gasteiger partial charge in [0.15, 0.2) is 0 Å². The summed E-state index contributed by atoms with van der Waals surface area (Å²) in [7, 11) is 0. The number of nitriles is 1. The van der Waals surface area contributed by atoms with Crippen molar-refractivity contribution >= 4 is 6.09 Å². The summed E-state index contributed by atoms with van der Waals surface area (Å²) in [4.78, 5) is 12.4. The maximum atomic E-state index is 11.0. The Labute approximate surface area is 85.1 Å². The quantitative estimate of drug-likeness (QED) is 0.757. The third-order valence-corrected chi connectivity index (χ3v) is 2.04. The van der Waals surface area contributed by atoms with E-state index in [1.54, 1.807) is 0 Å². The van der Waals surface area contributed by atoms with Crippen LogP contribution in [0, 0.1) is 11.3 Å². The lowest BCUT2D eigenvalue weighted by Gasteiger charge is -2.37. The van der Waals surface area contributed by atoms with Gasteiger partial charge in [0.25, 0.3) is 0 Å². The average Bonchev–Trinajstić information content (AvgIpc) is 1.97. The van der Waals surface area contributed by atoms with Crippen molar-refractivity contribution in [2.75, 3.05) is 0 Å². The highest BCUT2D eigenvalue weighted by atomic mass is 16.4. The first kappa shape index (κ1) is 12.8. The minimum absolute atomic E-state index is 0.118. The summed E-state index contributed by atoms with van der Waals surface area (Å²) < 4.78 is 0. The number of carboxylic acid groups (broad SMARTS) is 1. The van der Waals surface area contributed by atoms with E-state index in [1.807, 2.05) is 33.8 Å². The van der Waals surface area contributed by atoms with Gasteiger partial charge >= 0.3 is 6.09 Å². The van der Waals surface area contributed by atoms with E-state index < -0.39 is 11.6 Å². The molecule has 0 saturated heterocycles. The first-order valence-electron chi connectivity index (χ1n) is 4.70. The Hall–Kier alpha value is -1.24. The predicted molar refractivity (Wildman–Crippen MR) is 53.9 cm³/mol. The third-order valence-electron chi connectivity index (χ3n) is 2.04. The maximum Gasteiger partial charge on any atom is 0.407 e. The lowest BCUT2D eigenvalue weighted by molar-refractivity contribution is 0.0733. The molecule has 0 aromatic heterocycles. The number of amides is 1. The van der Waals surface area contributed by atoms with E-state index in [0.29, 0.717) is 12.8 Å². The molecule has 0 aliphatic carbocycles. The van der Waals surface area contributed by atoms with Gasteiger partial charge < -0.3 is 10.0 Å². The van der Waals surface area contributed by atoms with Crippen molar-refractivity contribution in [2.24, 2.45) is 0 Å². The molecule has 14 heavy (non-hydrogen) atoms. The van der Waals surface area contributed by atoms with Crippen molar-refractivity contribution in [3.63, 3.8) is 0 Å². The van der Waals surface area contributed by atoms with E-state index in [4.69, 9.17) is 10.4 Å². The molecule has 0 aromatic rings. The molecule has 1 unspecified atom stereocenters. The van der Waals surface area contributed by atoms with Gasteiger partial charge in [-0.1, -0.05) is 0 Å². The summed E-state index contributed by atoms with van der Waals surface area (Å²) in [5, 5.41) is 17.4. The van der Waals surface area contributed by atoms with Crippen molar-refractivity contribution in [3.05, 3.63) is 0 Å². The van der Waals surface area contributed by atoms with Crippen LogP contribution >= 0.6 is 0 Å². The third kappa shape index (κ3) is 3.65. The highest BCUT2D eigenvalue weighted by Crippen LogP contribution is 2.19. The topological polar surface area (TPSA) is 64.3 Å². The van der Waals surface area contributed by atoms with Gasteiger partial charge in [-0.2, -0.15) is 5.26 Å². The molecule has 0 fully saturated rings. The minimum Gasteiger partial charge on any atom is -0.465 e. The molecule has 4 nitrogen and oxygen atoms in total. The van der Waals surface area contributed by atoms with Crippen molar-refractivity contribution in [1.29, 1.82) is 5.26 Å². The summed E-state index contributed by atoms with van der Waals surface area (Å²) in [5.41, 5.74) is -0.416. The van der Waals surface area contributed by atoms with Gasteiger partial charge in [0.05, 0.1) is 6.07 Å². The van der Waals surface area contributed by atoms with E-state index in [9.17, 15) is 4.79 Å². The number of carbonyl (C=O) groups is 1. The van der Waals surface area contributed by atoms with Crippen LogP contribution in [-0.2, 0) is 0 Å². The first-order valence-corrected chi connectivity index (χ1v) is 4.70. The van der Waals surface area contributed by atoms with Crippen molar-refractivity contribution in [2.45, 2.75) is 52.1 Å². The normalized spacial score (nSPS) is 13.1. The largest absolute Gasteiger partial charge is 0.465 e. The van der Waals surface area contributed by atoms with Crippen LogP contribution in [0.4, 0.5) is 4.79 Å². The van der Waals surface area contributed by atoms with E-state index >= 15 is 0 Å². The van der Waals surface area contributed by atoms with E-state index in [1.165, 1.54) is 4.90 Å². The first-order chi connectivity index (χ1) is 6.30. The second kappa shape index (κ2) is 4.85. The molecule has 1 atom stereocenters. The van der Waals surface area contributed by atoms with Crippen LogP contribution in [0.2, 0.25) is 0 Å². The molecule has 0 aliphatic heterocycles. The van der Waals surface area contributed by atoms with Crippen LogP contribution in [0.25, 0.3) is 0 Å². The predicted octanol–water partition coefficient (Wildman–Crippen LogP) is 2.46. The zero-order valence-electron chi connectivity index (χ0n) is 9.24. The van der Waals surface area contributed by atoms with Crippen molar-refractivity contribution < 1.29 is 9.90 Å². The summed E-state index contributed by atoms with van der Waals surface area (Å²) in [6.07, 6.45) is 0.0455. The number of hydrogen-bond acceptors (Lipinski definition) is 2. The Balaban J connectivity index is 4.52. The van der Waals surface area contributed by atoms with Crippen LogP contribution in [0.5, 0.6) is 0 Å². The molecule has 1 N–H and O–H groups in total. The maximum absolute atomic E-state index is 11.0. The van der Waals surface area contributed by atoms with Gasteiger partial charge in [0, 0.05) is 18.0 Å². The molecule has 0 rings (SSSR count). The fraction of sp³-hybridized carbons (Fsp3) is 0.800. The summed E-state index contributed by atoms with van der Waals surface area (Å²) in [5.74, 6) is 0. The van der Waals surface area contributed by atoms with Crippen LogP contribution in [0.3, 0.4) is 0 Å². The van der Waals surface area contributed by atoms with Gasteiger partial charge in [0.1, 0.15) is 0 Å². The van der Waals surface area contributed by atoms with Crippen molar-refractivity contribution in [3.8, 4) is 6.07 Å². The van der Waals surface area contributed by atoms with Gasteiger partial charge in [-0.25, -0.2) is 4.79 Å². The van der Waals surface area contributed by atoms with Crippen LogP contribution < -0.4 is 0 Å². The lowest BCUT2D eigenvalue weighted by Crippen LogP contribution is -2.50. The van der Waals surface area contributed by atoms with Gasteiger partial charge in [-0.15, -0.1) is 0 Å². The highest BCUT2D eigenvalue weighted by molar-refractivity contribution is 5.66. The number of rotatable bonds is 3. The Morgan fingerprint density at radius 3 is 2.36 bits per heavy atom. The molecule has 0 radical (unpaired) electrons. The molecule has 0 bridgehead atoms. The number of nitrogens with zero attached hydrogens (tertiary/aromatic N) is 2. The Morgan fingerprint density at radius 1 is 1.57 bits per heavy atom. The lowest BCUT2D eigenvalue weighted by atomic mass is 10.0.